The van der Waals surface area contributed by atoms with Gasteiger partial charge in [-0.15, -0.1) is 23.8 Å². The minimum absolute atomic E-state index is 0. The third-order valence-electron chi connectivity index (χ3n) is 14.8. The number of aromatic nitrogens is 4. The van der Waals surface area contributed by atoms with Crippen LogP contribution in [0.4, 0.5) is 8.78 Å². The van der Waals surface area contributed by atoms with Crippen LogP contribution in [0.5, 0.6) is 11.5 Å². The van der Waals surface area contributed by atoms with Crippen molar-refractivity contribution in [2.24, 2.45) is 0 Å². The maximum Gasteiger partial charge on any atom is 2.00 e. The van der Waals surface area contributed by atoms with E-state index in [4.69, 9.17) is 19.1 Å². The molecule has 0 N–H and O–H groups in total. The first-order chi connectivity index (χ1) is 37.8. The molecule has 6 nitrogen and oxygen atoms in total. The second-order valence-corrected chi connectivity index (χ2v) is 21.5. The zero-order valence-electron chi connectivity index (χ0n) is 45.3. The smallest absolute Gasteiger partial charge is 0.496 e. The first-order valence-corrected chi connectivity index (χ1v) is 26.9. The third kappa shape index (κ3) is 9.93. The molecule has 0 amide bonds. The number of nitrogens with zero attached hydrogens (tertiary/aromatic N) is 4. The minimum atomic E-state index is -0.649. The first-order valence-electron chi connectivity index (χ1n) is 26.9. The van der Waals surface area contributed by atoms with Gasteiger partial charge in [-0.1, -0.05) is 169 Å². The van der Waals surface area contributed by atoms with E-state index in [9.17, 15) is 8.78 Å². The maximum absolute atomic E-state index is 14.9. The van der Waals surface area contributed by atoms with Gasteiger partial charge in [0, 0.05) is 28.9 Å². The Balaban J connectivity index is 0.00000660. The van der Waals surface area contributed by atoms with Crippen molar-refractivity contribution in [3.05, 3.63) is 228 Å². The standard InChI is InChI=1S/C70H58F2N4O2.Pt/c1-41(2)57-33-50(45-18-11-9-12-19-45)34-58(42(3)4)67(57)75-64-25-16-15-24-62(64)73-69(75)48-22-17-23-54(32-48)78-55-39-61(56-28-29-77-66(56)40-55)70-74-63-27-26-47(49-30-52(71)38-53(72)31-49)37-65(63)76(70)68-59(43(5)6)35-51(36-60(68)44(7)8)46-20-13-10-14-21-46;/h9-31,33-38,40-44H,1-8H3;/q-2;+2. The molecule has 0 aliphatic rings. The molecule has 0 spiro atoms. The largest absolute Gasteiger partial charge is 2.00 e. The summed E-state index contributed by atoms with van der Waals surface area (Å²) in [4.78, 5) is 10.8. The van der Waals surface area contributed by atoms with Crippen molar-refractivity contribution in [1.82, 2.24) is 19.1 Å². The van der Waals surface area contributed by atoms with Crippen LogP contribution in [0, 0.1) is 23.8 Å². The Labute approximate surface area is 474 Å². The van der Waals surface area contributed by atoms with Gasteiger partial charge in [-0.25, -0.2) is 8.78 Å². The summed E-state index contributed by atoms with van der Waals surface area (Å²) in [6.45, 7) is 17.9. The van der Waals surface area contributed by atoms with Crippen LogP contribution in [0.2, 0.25) is 0 Å². The Hall–Kier alpha value is -8.19. The van der Waals surface area contributed by atoms with Gasteiger partial charge in [0.1, 0.15) is 11.6 Å². The number of rotatable bonds is 13. The van der Waals surface area contributed by atoms with Crippen LogP contribution >= 0.6 is 0 Å². The summed E-state index contributed by atoms with van der Waals surface area (Å²) in [6, 6.07) is 65.0. The van der Waals surface area contributed by atoms with Crippen molar-refractivity contribution >= 4 is 33.0 Å². The summed E-state index contributed by atoms with van der Waals surface area (Å²) >= 11 is 0. The quantitative estimate of drug-likeness (QED) is 0.108. The molecule has 3 aromatic heterocycles. The molecule has 9 aromatic carbocycles. The monoisotopic (exact) mass is 1220 g/mol. The molecule has 9 heteroatoms. The fourth-order valence-corrected chi connectivity index (χ4v) is 11.0. The molecule has 0 aliphatic heterocycles. The number of fused-ring (bicyclic) bond motifs is 3. The van der Waals surface area contributed by atoms with Crippen molar-refractivity contribution in [3.63, 3.8) is 0 Å². The minimum Gasteiger partial charge on any atom is -0.496 e. The van der Waals surface area contributed by atoms with Crippen LogP contribution in [0.1, 0.15) is 101 Å². The molecule has 79 heavy (non-hydrogen) atoms. The molecule has 12 rings (SSSR count). The van der Waals surface area contributed by atoms with Crippen molar-refractivity contribution < 1.29 is 39.0 Å². The van der Waals surface area contributed by atoms with Gasteiger partial charge in [0.15, 0.2) is 0 Å². The van der Waals surface area contributed by atoms with Crippen LogP contribution in [-0.2, 0) is 21.1 Å². The summed E-state index contributed by atoms with van der Waals surface area (Å²) < 4.78 is 47.4. The first kappa shape index (κ1) is 52.8. The molecule has 0 fully saturated rings. The van der Waals surface area contributed by atoms with Gasteiger partial charge in [-0.3, -0.25) is 9.97 Å². The second kappa shape index (κ2) is 21.6. The number of ether oxygens (including phenoxy) is 1. The number of hydrogen-bond donors (Lipinski definition) is 0. The van der Waals surface area contributed by atoms with Crippen molar-refractivity contribution in [1.29, 1.82) is 0 Å². The molecule has 0 saturated carbocycles. The molecule has 0 radical (unpaired) electrons. The fraction of sp³-hybridized carbons (Fsp3) is 0.171. The van der Waals surface area contributed by atoms with Gasteiger partial charge < -0.3 is 18.3 Å². The predicted octanol–water partition coefficient (Wildman–Crippen LogP) is 19.6. The second-order valence-electron chi connectivity index (χ2n) is 21.5. The normalized spacial score (nSPS) is 11.8. The number of furan rings is 1. The van der Waals surface area contributed by atoms with Crippen LogP contribution in [0.25, 0.3) is 101 Å². The average Bonchev–Trinajstić information content (AvgIpc) is 4.35. The zero-order chi connectivity index (χ0) is 53.9. The predicted molar refractivity (Wildman–Crippen MR) is 313 cm³/mol. The van der Waals surface area contributed by atoms with Gasteiger partial charge in [-0.2, -0.15) is 0 Å². The van der Waals surface area contributed by atoms with Gasteiger partial charge in [-0.05, 0) is 140 Å². The number of hydrogen-bond acceptors (Lipinski definition) is 4. The summed E-state index contributed by atoms with van der Waals surface area (Å²) in [7, 11) is 0. The van der Waals surface area contributed by atoms with Crippen molar-refractivity contribution in [2.45, 2.75) is 79.1 Å². The molecule has 0 saturated heterocycles. The van der Waals surface area contributed by atoms with E-state index in [-0.39, 0.29) is 44.7 Å². The Morgan fingerprint density at radius 3 is 1.54 bits per heavy atom. The summed E-state index contributed by atoms with van der Waals surface area (Å²) in [5, 5.41) is 0.788. The summed E-state index contributed by atoms with van der Waals surface area (Å²) in [5.74, 6) is 1.48. The number of halogens is 2. The van der Waals surface area contributed by atoms with E-state index >= 15 is 0 Å². The van der Waals surface area contributed by atoms with E-state index in [1.807, 2.05) is 60.7 Å². The topological polar surface area (TPSA) is 58.0 Å². The average molecular weight is 1220 g/mol. The molecule has 394 valence electrons. The molecule has 12 aromatic rings. The van der Waals surface area contributed by atoms with Crippen LogP contribution in [0.15, 0.2) is 187 Å². The van der Waals surface area contributed by atoms with E-state index in [1.165, 1.54) is 34.4 Å². The molecular weight excluding hydrogens is 1160 g/mol. The molecule has 0 atom stereocenters. The zero-order valence-corrected chi connectivity index (χ0v) is 47.6. The fourth-order valence-electron chi connectivity index (χ4n) is 11.0. The molecular formula is C70H58F2N4O2Pt. The SMILES string of the molecule is CC(C)c1cc(-c2ccccc2)cc(C(C)C)c1-n1c(-c2[c-]c(Oc3[c-]c(-c4nc5ccc(-c6cc(F)cc(F)c6)cc5n4-c4c(C(C)C)cc(-c5ccccc5)cc4C(C)C)c4ccoc4c3)ccc2)nc2ccccc21.[Pt+2]. The van der Waals surface area contributed by atoms with Crippen LogP contribution in [0.3, 0.4) is 0 Å². The Bertz CT molecular complexity index is 4150. The van der Waals surface area contributed by atoms with E-state index in [0.29, 0.717) is 45.1 Å². The Morgan fingerprint density at radius 1 is 0.443 bits per heavy atom. The number of para-hydroxylation sites is 2. The van der Waals surface area contributed by atoms with Crippen LogP contribution < -0.4 is 4.74 Å². The van der Waals surface area contributed by atoms with Crippen molar-refractivity contribution in [2.75, 3.05) is 0 Å². The van der Waals surface area contributed by atoms with Crippen LogP contribution in [-0.4, -0.2) is 19.1 Å². The van der Waals surface area contributed by atoms with E-state index < -0.39 is 11.6 Å². The molecule has 0 aliphatic carbocycles. The van der Waals surface area contributed by atoms with E-state index in [1.54, 1.807) is 6.26 Å². The van der Waals surface area contributed by atoms with Gasteiger partial charge in [0.25, 0.3) is 0 Å². The third-order valence-corrected chi connectivity index (χ3v) is 14.8. The van der Waals surface area contributed by atoms with E-state index in [0.717, 1.165) is 73.0 Å². The number of benzene rings is 9. The van der Waals surface area contributed by atoms with E-state index in [2.05, 4.69) is 174 Å². The van der Waals surface area contributed by atoms with Gasteiger partial charge in [0.2, 0.25) is 0 Å². The maximum atomic E-state index is 14.9. The molecule has 3 heterocycles. The summed E-state index contributed by atoms with van der Waals surface area (Å²) in [5.41, 5.74) is 17.8. The summed E-state index contributed by atoms with van der Waals surface area (Å²) in [6.07, 6.45) is 1.67. The molecule has 0 bridgehead atoms. The Morgan fingerprint density at radius 2 is 0.962 bits per heavy atom. The van der Waals surface area contributed by atoms with Crippen molar-refractivity contribution in [3.8, 4) is 79.0 Å². The Kier molecular flexibility index (Phi) is 14.4. The van der Waals surface area contributed by atoms with Gasteiger partial charge in [0.05, 0.1) is 45.6 Å². The number of imidazole rings is 2. The molecule has 0 unspecified atom stereocenters. The van der Waals surface area contributed by atoms with Gasteiger partial charge >= 0.3 is 21.1 Å².